The smallest absolute Gasteiger partial charge is 0.375 e. The molecule has 28 heavy (non-hydrogen) atoms. The summed E-state index contributed by atoms with van der Waals surface area (Å²) in [4.78, 5) is 48.8. The predicted molar refractivity (Wildman–Crippen MR) is 105 cm³/mol. The first kappa shape index (κ1) is 19.6. The summed E-state index contributed by atoms with van der Waals surface area (Å²) in [5.74, 6) is -2.00. The molecular weight excluding hydrogens is 434 g/mol. The summed E-state index contributed by atoms with van der Waals surface area (Å²) in [5, 5.41) is 0.726. The van der Waals surface area contributed by atoms with Crippen molar-refractivity contribution in [3.05, 3.63) is 60.4 Å². The van der Waals surface area contributed by atoms with Crippen LogP contribution in [0.2, 0.25) is 0 Å². The van der Waals surface area contributed by atoms with Crippen LogP contribution in [-0.2, 0) is 18.8 Å². The molecule has 0 aliphatic carbocycles. The maximum atomic E-state index is 12.4. The Bertz CT molecular complexity index is 1250. The van der Waals surface area contributed by atoms with Gasteiger partial charge in [0.05, 0.1) is 0 Å². The van der Waals surface area contributed by atoms with E-state index < -0.39 is 35.2 Å². The number of ketones is 1. The zero-order chi connectivity index (χ0) is 20.7. The Labute approximate surface area is 166 Å². The number of fused-ring (bicyclic) bond motifs is 1. The molecule has 9 nitrogen and oxygen atoms in total. The standard InChI is InChI=1S/C18H16BrN3O6/c1-8-10-6-9(19)4-5-12(10)28-14(8)17(25)27-7-11(23)13-15(20)21(2)18(26)22(3)16(13)24/h4-6H,7,20H2,1-3H3. The largest absolute Gasteiger partial charge is 0.451 e. The zero-order valence-electron chi connectivity index (χ0n) is 15.2. The second-order valence-corrected chi connectivity index (χ2v) is 7.08. The Morgan fingerprint density at radius 3 is 2.57 bits per heavy atom. The highest BCUT2D eigenvalue weighted by Crippen LogP contribution is 2.28. The van der Waals surface area contributed by atoms with Crippen molar-refractivity contribution in [2.75, 3.05) is 12.3 Å². The molecular formula is C18H16BrN3O6. The molecule has 2 aromatic heterocycles. The second-order valence-electron chi connectivity index (χ2n) is 6.16. The van der Waals surface area contributed by atoms with Crippen LogP contribution >= 0.6 is 15.9 Å². The molecule has 0 aliphatic heterocycles. The van der Waals surface area contributed by atoms with Gasteiger partial charge in [-0.2, -0.15) is 0 Å². The number of carbonyl (C=O) groups excluding carboxylic acids is 2. The van der Waals surface area contributed by atoms with E-state index in [0.717, 1.165) is 19.0 Å². The first-order chi connectivity index (χ1) is 13.1. The highest BCUT2D eigenvalue weighted by atomic mass is 79.9. The Hall–Kier alpha value is -3.14. The van der Waals surface area contributed by atoms with E-state index in [0.29, 0.717) is 11.1 Å². The van der Waals surface area contributed by atoms with Gasteiger partial charge in [-0.3, -0.25) is 18.7 Å². The third-order valence-electron chi connectivity index (χ3n) is 4.41. The number of ether oxygens (including phenoxy) is 1. The van der Waals surface area contributed by atoms with Crippen molar-refractivity contribution in [1.29, 1.82) is 0 Å². The van der Waals surface area contributed by atoms with Crippen LogP contribution in [0, 0.1) is 6.92 Å². The highest BCUT2D eigenvalue weighted by molar-refractivity contribution is 9.10. The third kappa shape index (κ3) is 3.15. The molecule has 0 saturated heterocycles. The lowest BCUT2D eigenvalue weighted by Gasteiger charge is -2.10. The quantitative estimate of drug-likeness (QED) is 0.472. The average Bonchev–Trinajstić information content (AvgIpc) is 2.99. The maximum Gasteiger partial charge on any atom is 0.375 e. The Balaban J connectivity index is 1.87. The monoisotopic (exact) mass is 449 g/mol. The molecule has 3 aromatic rings. The van der Waals surface area contributed by atoms with Gasteiger partial charge < -0.3 is 14.9 Å². The van der Waals surface area contributed by atoms with Crippen molar-refractivity contribution in [2.45, 2.75) is 6.92 Å². The Morgan fingerprint density at radius 1 is 1.21 bits per heavy atom. The van der Waals surface area contributed by atoms with E-state index in [4.69, 9.17) is 14.9 Å². The number of benzene rings is 1. The minimum Gasteiger partial charge on any atom is -0.451 e. The predicted octanol–water partition coefficient (Wildman–Crippen LogP) is 1.52. The lowest BCUT2D eigenvalue weighted by atomic mass is 10.1. The van der Waals surface area contributed by atoms with Crippen LogP contribution in [0.3, 0.4) is 0 Å². The molecule has 0 bridgehead atoms. The van der Waals surface area contributed by atoms with Crippen LogP contribution in [0.4, 0.5) is 5.82 Å². The number of esters is 1. The average molecular weight is 450 g/mol. The van der Waals surface area contributed by atoms with E-state index in [1.165, 1.54) is 14.1 Å². The SMILES string of the molecule is Cc1c(C(=O)OCC(=O)c2c(N)n(C)c(=O)n(C)c2=O)oc2ccc(Br)cc12. The molecule has 0 saturated carbocycles. The number of carbonyl (C=O) groups is 2. The molecule has 3 rings (SSSR count). The molecule has 1 aromatic carbocycles. The number of Topliss-reactive ketones (excluding diaryl/α,β-unsaturated/α-hetero) is 1. The van der Waals surface area contributed by atoms with Gasteiger partial charge >= 0.3 is 11.7 Å². The molecule has 0 amide bonds. The van der Waals surface area contributed by atoms with Crippen LogP contribution in [0.5, 0.6) is 0 Å². The van der Waals surface area contributed by atoms with E-state index in [1.54, 1.807) is 25.1 Å². The summed E-state index contributed by atoms with van der Waals surface area (Å²) in [6, 6.07) is 5.26. The zero-order valence-corrected chi connectivity index (χ0v) is 16.8. The normalized spacial score (nSPS) is 11.0. The summed E-state index contributed by atoms with van der Waals surface area (Å²) >= 11 is 3.35. The van der Waals surface area contributed by atoms with Crippen molar-refractivity contribution in [3.8, 4) is 0 Å². The van der Waals surface area contributed by atoms with Crippen LogP contribution in [0.15, 0.2) is 36.7 Å². The number of halogens is 1. The van der Waals surface area contributed by atoms with Gasteiger partial charge in [0.1, 0.15) is 17.0 Å². The topological polar surface area (TPSA) is 127 Å². The van der Waals surface area contributed by atoms with Crippen LogP contribution in [0.1, 0.15) is 26.5 Å². The summed E-state index contributed by atoms with van der Waals surface area (Å²) in [7, 11) is 2.55. The number of hydrogen-bond acceptors (Lipinski definition) is 7. The van der Waals surface area contributed by atoms with Gasteiger partial charge in [0.2, 0.25) is 11.5 Å². The van der Waals surface area contributed by atoms with Crippen molar-refractivity contribution in [3.63, 3.8) is 0 Å². The first-order valence-electron chi connectivity index (χ1n) is 8.08. The van der Waals surface area contributed by atoms with E-state index in [9.17, 15) is 19.2 Å². The number of nitrogens with two attached hydrogens (primary N) is 1. The van der Waals surface area contributed by atoms with E-state index in [-0.39, 0.29) is 11.6 Å². The van der Waals surface area contributed by atoms with Crippen molar-refractivity contribution < 1.29 is 18.7 Å². The van der Waals surface area contributed by atoms with E-state index >= 15 is 0 Å². The lowest BCUT2D eigenvalue weighted by molar-refractivity contribution is 0.0444. The third-order valence-corrected chi connectivity index (χ3v) is 4.90. The van der Waals surface area contributed by atoms with Crippen molar-refractivity contribution >= 4 is 44.5 Å². The molecule has 2 heterocycles. The van der Waals surface area contributed by atoms with Crippen LogP contribution in [0.25, 0.3) is 11.0 Å². The molecule has 0 spiro atoms. The van der Waals surface area contributed by atoms with Gasteiger partial charge in [-0.05, 0) is 25.1 Å². The Kier molecular flexibility index (Phi) is 4.99. The number of aryl methyl sites for hydroxylation is 1. The van der Waals surface area contributed by atoms with Crippen LogP contribution < -0.4 is 17.0 Å². The molecule has 0 fully saturated rings. The Morgan fingerprint density at radius 2 is 1.89 bits per heavy atom. The summed E-state index contributed by atoms with van der Waals surface area (Å²) in [6.07, 6.45) is 0. The summed E-state index contributed by atoms with van der Waals surface area (Å²) in [5.41, 5.74) is 4.85. The minimum atomic E-state index is -0.855. The number of rotatable bonds is 4. The fraction of sp³-hybridized carbons (Fsp3) is 0.222. The molecule has 0 radical (unpaired) electrons. The lowest BCUT2D eigenvalue weighted by Crippen LogP contribution is -2.42. The fourth-order valence-electron chi connectivity index (χ4n) is 2.78. The van der Waals surface area contributed by atoms with Gasteiger partial charge in [0.25, 0.3) is 5.56 Å². The molecule has 0 atom stereocenters. The van der Waals surface area contributed by atoms with Crippen molar-refractivity contribution in [1.82, 2.24) is 9.13 Å². The number of nitrogen functional groups attached to an aromatic ring is 1. The molecule has 0 aliphatic rings. The van der Waals surface area contributed by atoms with E-state index in [2.05, 4.69) is 15.9 Å². The fourth-order valence-corrected chi connectivity index (χ4v) is 3.14. The van der Waals surface area contributed by atoms with Gasteiger partial charge in [0.15, 0.2) is 6.61 Å². The molecule has 0 unspecified atom stereocenters. The summed E-state index contributed by atoms with van der Waals surface area (Å²) < 4.78 is 13.1. The summed E-state index contributed by atoms with van der Waals surface area (Å²) in [6.45, 7) is 0.966. The van der Waals surface area contributed by atoms with Gasteiger partial charge in [-0.15, -0.1) is 0 Å². The number of anilines is 1. The van der Waals surface area contributed by atoms with Crippen LogP contribution in [-0.4, -0.2) is 27.5 Å². The molecule has 2 N–H and O–H groups in total. The van der Waals surface area contributed by atoms with Gasteiger partial charge in [0, 0.05) is 29.5 Å². The minimum absolute atomic E-state index is 0.0396. The number of hydrogen-bond donors (Lipinski definition) is 1. The number of aromatic nitrogens is 2. The highest BCUT2D eigenvalue weighted by Gasteiger charge is 2.24. The number of nitrogens with zero attached hydrogens (tertiary/aromatic N) is 2. The van der Waals surface area contributed by atoms with E-state index in [1.807, 2.05) is 0 Å². The maximum absolute atomic E-state index is 12.4. The second kappa shape index (κ2) is 7.12. The van der Waals surface area contributed by atoms with Crippen molar-refractivity contribution in [2.24, 2.45) is 14.1 Å². The first-order valence-corrected chi connectivity index (χ1v) is 8.87. The van der Waals surface area contributed by atoms with Gasteiger partial charge in [-0.1, -0.05) is 15.9 Å². The number of furan rings is 1. The van der Waals surface area contributed by atoms with Gasteiger partial charge in [-0.25, -0.2) is 9.59 Å². The molecule has 10 heteroatoms. The molecule has 146 valence electrons.